The molecular formula is C12H8ClNO5. The van der Waals surface area contributed by atoms with E-state index in [2.05, 4.69) is 5.16 Å². The molecule has 2 aromatic rings. The quantitative estimate of drug-likeness (QED) is 0.911. The Morgan fingerprint density at radius 3 is 2.89 bits per heavy atom. The van der Waals surface area contributed by atoms with Crippen molar-refractivity contribution in [1.82, 2.24) is 5.16 Å². The summed E-state index contributed by atoms with van der Waals surface area (Å²) in [6, 6.07) is 3.08. The Hall–Kier alpha value is -2.21. The summed E-state index contributed by atoms with van der Waals surface area (Å²) in [5, 5.41) is 12.9. The van der Waals surface area contributed by atoms with Crippen LogP contribution in [0.2, 0.25) is 5.02 Å². The van der Waals surface area contributed by atoms with Gasteiger partial charge in [-0.1, -0.05) is 16.8 Å². The smallest absolute Gasteiger partial charge is 0.374 e. The van der Waals surface area contributed by atoms with Crippen molar-refractivity contribution in [1.29, 1.82) is 0 Å². The average Bonchev–Trinajstić information content (AvgIpc) is 2.97. The molecule has 6 nitrogen and oxygen atoms in total. The molecule has 1 N–H and O–H groups in total. The number of fused-ring (bicyclic) bond motifs is 1. The fourth-order valence-electron chi connectivity index (χ4n) is 1.93. The first-order valence-corrected chi connectivity index (χ1v) is 5.75. The van der Waals surface area contributed by atoms with E-state index < -0.39 is 5.97 Å². The monoisotopic (exact) mass is 281 g/mol. The van der Waals surface area contributed by atoms with E-state index in [1.54, 1.807) is 6.07 Å². The molecule has 0 fully saturated rings. The number of aromatic carboxylic acids is 1. The van der Waals surface area contributed by atoms with Crippen LogP contribution >= 0.6 is 11.6 Å². The zero-order chi connectivity index (χ0) is 13.6. The molecule has 1 aromatic carbocycles. The van der Waals surface area contributed by atoms with Gasteiger partial charge >= 0.3 is 5.97 Å². The molecule has 0 saturated carbocycles. The lowest BCUT2D eigenvalue weighted by Gasteiger charge is -2.07. The molecule has 19 heavy (non-hydrogen) atoms. The SMILES string of the molecule is Cc1cc2c(c(Cl)c1-c1cc(C(=O)O)on1)OCO2. The van der Waals surface area contributed by atoms with Gasteiger partial charge in [-0.15, -0.1) is 0 Å². The lowest BCUT2D eigenvalue weighted by Crippen LogP contribution is -1.93. The van der Waals surface area contributed by atoms with E-state index in [9.17, 15) is 4.79 Å². The third-order valence-corrected chi connectivity index (χ3v) is 3.14. The number of halogens is 1. The number of aryl methyl sites for hydroxylation is 1. The number of aromatic nitrogens is 1. The highest BCUT2D eigenvalue weighted by Gasteiger charge is 2.25. The first-order valence-electron chi connectivity index (χ1n) is 5.37. The van der Waals surface area contributed by atoms with Gasteiger partial charge in [-0.3, -0.25) is 0 Å². The van der Waals surface area contributed by atoms with Gasteiger partial charge in [0.1, 0.15) is 5.69 Å². The largest absolute Gasteiger partial charge is 0.475 e. The highest BCUT2D eigenvalue weighted by atomic mass is 35.5. The van der Waals surface area contributed by atoms with Gasteiger partial charge in [-0.05, 0) is 18.6 Å². The van der Waals surface area contributed by atoms with Crippen LogP contribution in [0.1, 0.15) is 16.1 Å². The van der Waals surface area contributed by atoms with Crippen LogP contribution in [0.25, 0.3) is 11.3 Å². The summed E-state index contributed by atoms with van der Waals surface area (Å²) in [6.07, 6.45) is 0. The second-order valence-corrected chi connectivity index (χ2v) is 4.38. The summed E-state index contributed by atoms with van der Waals surface area (Å²) >= 11 is 6.25. The normalized spacial score (nSPS) is 12.7. The Labute approximate surface area is 112 Å². The molecule has 0 atom stereocenters. The molecule has 2 heterocycles. The van der Waals surface area contributed by atoms with E-state index >= 15 is 0 Å². The Morgan fingerprint density at radius 2 is 2.21 bits per heavy atom. The number of hydrogen-bond acceptors (Lipinski definition) is 5. The van der Waals surface area contributed by atoms with Crippen molar-refractivity contribution in [3.63, 3.8) is 0 Å². The van der Waals surface area contributed by atoms with Crippen molar-refractivity contribution in [2.24, 2.45) is 0 Å². The first kappa shape index (κ1) is 11.9. The predicted octanol–water partition coefficient (Wildman–Crippen LogP) is 2.73. The van der Waals surface area contributed by atoms with Crippen LogP contribution in [-0.2, 0) is 0 Å². The summed E-state index contributed by atoms with van der Waals surface area (Å²) in [7, 11) is 0. The Kier molecular flexibility index (Phi) is 2.60. The summed E-state index contributed by atoms with van der Waals surface area (Å²) in [5.41, 5.74) is 1.71. The van der Waals surface area contributed by atoms with Crippen LogP contribution in [0.5, 0.6) is 11.5 Å². The van der Waals surface area contributed by atoms with Crippen molar-refractivity contribution >= 4 is 17.6 Å². The van der Waals surface area contributed by atoms with Gasteiger partial charge < -0.3 is 19.1 Å². The topological polar surface area (TPSA) is 81.8 Å². The van der Waals surface area contributed by atoms with Gasteiger partial charge in [-0.25, -0.2) is 4.79 Å². The van der Waals surface area contributed by atoms with Crippen LogP contribution < -0.4 is 9.47 Å². The maximum Gasteiger partial charge on any atom is 0.374 e. The standard InChI is InChI=1S/C12H8ClNO5/c1-5-2-7-11(18-4-17-7)10(13)9(5)6-3-8(12(15)16)19-14-6/h2-3H,4H2,1H3,(H,15,16). The lowest BCUT2D eigenvalue weighted by molar-refractivity contribution is 0.0652. The fourth-order valence-corrected chi connectivity index (χ4v) is 2.32. The molecule has 0 unspecified atom stereocenters. The fraction of sp³-hybridized carbons (Fsp3) is 0.167. The van der Waals surface area contributed by atoms with Crippen molar-refractivity contribution in [3.8, 4) is 22.8 Å². The minimum absolute atomic E-state index is 0.108. The molecule has 0 aliphatic carbocycles. The van der Waals surface area contributed by atoms with Crippen LogP contribution in [0.15, 0.2) is 16.7 Å². The molecule has 0 radical (unpaired) electrons. The first-order chi connectivity index (χ1) is 9.08. The third-order valence-electron chi connectivity index (χ3n) is 2.78. The maximum absolute atomic E-state index is 10.8. The molecule has 3 rings (SSSR count). The number of rotatable bonds is 2. The Morgan fingerprint density at radius 1 is 1.42 bits per heavy atom. The summed E-state index contributed by atoms with van der Waals surface area (Å²) in [6.45, 7) is 1.93. The van der Waals surface area contributed by atoms with Crippen LogP contribution in [-0.4, -0.2) is 23.0 Å². The van der Waals surface area contributed by atoms with Gasteiger partial charge in [0.15, 0.2) is 11.5 Å². The van der Waals surface area contributed by atoms with E-state index in [1.165, 1.54) is 6.07 Å². The molecular weight excluding hydrogens is 274 g/mol. The molecule has 0 amide bonds. The van der Waals surface area contributed by atoms with E-state index in [0.717, 1.165) is 5.56 Å². The molecule has 1 aromatic heterocycles. The van der Waals surface area contributed by atoms with E-state index in [1.807, 2.05) is 6.92 Å². The van der Waals surface area contributed by atoms with E-state index in [0.29, 0.717) is 27.8 Å². The number of carboxylic acids is 1. The van der Waals surface area contributed by atoms with Crippen LogP contribution in [0.3, 0.4) is 0 Å². The molecule has 7 heteroatoms. The summed E-state index contributed by atoms with van der Waals surface area (Å²) in [5.74, 6) is -0.438. The molecule has 0 saturated heterocycles. The number of nitrogens with zero attached hydrogens (tertiary/aromatic N) is 1. The van der Waals surface area contributed by atoms with Gasteiger partial charge in [0, 0.05) is 11.6 Å². The average molecular weight is 282 g/mol. The summed E-state index contributed by atoms with van der Waals surface area (Å²) in [4.78, 5) is 10.8. The Bertz CT molecular complexity index is 679. The van der Waals surface area contributed by atoms with Crippen molar-refractivity contribution in [2.75, 3.05) is 6.79 Å². The zero-order valence-corrected chi connectivity index (χ0v) is 10.5. The van der Waals surface area contributed by atoms with Crippen LogP contribution in [0, 0.1) is 6.92 Å². The second kappa shape index (κ2) is 4.17. The van der Waals surface area contributed by atoms with Gasteiger partial charge in [-0.2, -0.15) is 0 Å². The van der Waals surface area contributed by atoms with Gasteiger partial charge in [0.25, 0.3) is 0 Å². The minimum Gasteiger partial charge on any atom is -0.475 e. The second-order valence-electron chi connectivity index (χ2n) is 4.00. The zero-order valence-electron chi connectivity index (χ0n) is 9.77. The maximum atomic E-state index is 10.8. The summed E-state index contributed by atoms with van der Waals surface area (Å²) < 4.78 is 15.3. The third kappa shape index (κ3) is 1.80. The highest BCUT2D eigenvalue weighted by molar-refractivity contribution is 6.35. The molecule has 0 spiro atoms. The number of ether oxygens (including phenoxy) is 2. The van der Waals surface area contributed by atoms with Crippen molar-refractivity contribution < 1.29 is 23.9 Å². The number of hydrogen-bond donors (Lipinski definition) is 1. The van der Waals surface area contributed by atoms with Gasteiger partial charge in [0.05, 0.1) is 5.02 Å². The van der Waals surface area contributed by atoms with E-state index in [4.69, 9.17) is 30.7 Å². The number of carbonyl (C=O) groups is 1. The predicted molar refractivity (Wildman–Crippen MR) is 64.8 cm³/mol. The van der Waals surface area contributed by atoms with Crippen LogP contribution in [0.4, 0.5) is 0 Å². The van der Waals surface area contributed by atoms with Crippen molar-refractivity contribution in [3.05, 3.63) is 28.5 Å². The van der Waals surface area contributed by atoms with Crippen molar-refractivity contribution in [2.45, 2.75) is 6.92 Å². The Balaban J connectivity index is 2.16. The molecule has 98 valence electrons. The molecule has 1 aliphatic heterocycles. The lowest BCUT2D eigenvalue weighted by atomic mass is 10.0. The van der Waals surface area contributed by atoms with E-state index in [-0.39, 0.29) is 12.6 Å². The minimum atomic E-state index is -1.19. The molecule has 1 aliphatic rings. The number of benzene rings is 1. The van der Waals surface area contributed by atoms with Gasteiger partial charge in [0.2, 0.25) is 12.6 Å². The number of carboxylic acid groups (broad SMARTS) is 1. The molecule has 0 bridgehead atoms. The highest BCUT2D eigenvalue weighted by Crippen LogP contribution is 2.46.